The first-order valence-corrected chi connectivity index (χ1v) is 4.64. The Bertz CT molecular complexity index is 359. The monoisotopic (exact) mass is 234 g/mol. The molecule has 3 nitrogen and oxygen atoms in total. The van der Waals surface area contributed by atoms with Crippen molar-refractivity contribution < 1.29 is 27.4 Å². The van der Waals surface area contributed by atoms with Gasteiger partial charge in [0.05, 0.1) is 18.8 Å². The number of para-hydroxylation sites is 1. The third-order valence-electron chi connectivity index (χ3n) is 2.02. The number of hydrogen-bond donors (Lipinski definition) is 0. The van der Waals surface area contributed by atoms with Crippen LogP contribution in [0.15, 0.2) is 24.3 Å². The molecule has 1 aliphatic heterocycles. The topological polar surface area (TPSA) is 27.7 Å². The third-order valence-corrected chi connectivity index (χ3v) is 2.02. The summed E-state index contributed by atoms with van der Waals surface area (Å²) in [5.41, 5.74) is 0.248. The number of halogens is 3. The Morgan fingerprint density at radius 3 is 2.38 bits per heavy atom. The lowest BCUT2D eigenvalue weighted by Gasteiger charge is -2.16. The van der Waals surface area contributed by atoms with Crippen LogP contribution in [0.25, 0.3) is 0 Å². The molecule has 0 spiro atoms. The molecule has 0 radical (unpaired) electrons. The van der Waals surface area contributed by atoms with E-state index in [4.69, 9.17) is 9.47 Å². The molecule has 1 aliphatic rings. The molecule has 6 heteroatoms. The summed E-state index contributed by atoms with van der Waals surface area (Å²) in [6.07, 6.45) is -5.49. The fourth-order valence-electron chi connectivity index (χ4n) is 1.43. The second kappa shape index (κ2) is 4.31. The van der Waals surface area contributed by atoms with E-state index in [9.17, 15) is 13.2 Å². The molecule has 1 aromatic rings. The molecule has 0 saturated carbocycles. The van der Waals surface area contributed by atoms with Crippen molar-refractivity contribution in [3.05, 3.63) is 29.8 Å². The van der Waals surface area contributed by atoms with Crippen LogP contribution in [0.4, 0.5) is 13.2 Å². The van der Waals surface area contributed by atoms with E-state index in [1.807, 2.05) is 0 Å². The summed E-state index contributed by atoms with van der Waals surface area (Å²) in [6.45, 7) is 0.732. The summed E-state index contributed by atoms with van der Waals surface area (Å²) in [4.78, 5) is 0. The molecule has 88 valence electrons. The Morgan fingerprint density at radius 1 is 1.12 bits per heavy atom. The molecule has 0 atom stereocenters. The summed E-state index contributed by atoms with van der Waals surface area (Å²) in [7, 11) is 0. The first kappa shape index (κ1) is 11.2. The molecule has 1 saturated heterocycles. The molecule has 0 aliphatic carbocycles. The lowest BCUT2D eigenvalue weighted by Crippen LogP contribution is -2.18. The van der Waals surface area contributed by atoms with Crippen LogP contribution in [0.2, 0.25) is 0 Å². The van der Waals surface area contributed by atoms with Gasteiger partial charge in [0, 0.05) is 0 Å². The van der Waals surface area contributed by atoms with Crippen LogP contribution in [0.5, 0.6) is 5.75 Å². The average Bonchev–Trinajstić information content (AvgIpc) is 2.69. The van der Waals surface area contributed by atoms with Crippen molar-refractivity contribution in [2.24, 2.45) is 0 Å². The van der Waals surface area contributed by atoms with Crippen LogP contribution in [0.1, 0.15) is 11.9 Å². The number of ether oxygens (including phenoxy) is 3. The van der Waals surface area contributed by atoms with Gasteiger partial charge in [-0.25, -0.2) is 0 Å². The van der Waals surface area contributed by atoms with E-state index in [1.54, 1.807) is 6.07 Å². The van der Waals surface area contributed by atoms with E-state index >= 15 is 0 Å². The smallest absolute Gasteiger partial charge is 0.405 e. The van der Waals surface area contributed by atoms with E-state index in [2.05, 4.69) is 4.74 Å². The molecule has 1 heterocycles. The molecule has 0 unspecified atom stereocenters. The van der Waals surface area contributed by atoms with Gasteiger partial charge in [0.15, 0.2) is 6.29 Å². The standard InChI is InChI=1S/C10H9F3O3/c11-10(12,13)16-8-4-2-1-3-7(8)9-14-5-6-15-9/h1-4,9H,5-6H2. The molecule has 0 bridgehead atoms. The predicted molar refractivity (Wildman–Crippen MR) is 47.8 cm³/mol. The highest BCUT2D eigenvalue weighted by Crippen LogP contribution is 2.33. The molecular weight excluding hydrogens is 225 g/mol. The van der Waals surface area contributed by atoms with Gasteiger partial charge in [0.1, 0.15) is 5.75 Å². The van der Waals surface area contributed by atoms with Crippen molar-refractivity contribution in [1.29, 1.82) is 0 Å². The van der Waals surface area contributed by atoms with Crippen LogP contribution in [-0.4, -0.2) is 19.6 Å². The van der Waals surface area contributed by atoms with Gasteiger partial charge >= 0.3 is 6.36 Å². The van der Waals surface area contributed by atoms with Crippen molar-refractivity contribution >= 4 is 0 Å². The van der Waals surface area contributed by atoms with Gasteiger partial charge in [-0.05, 0) is 6.07 Å². The lowest BCUT2D eigenvalue weighted by atomic mass is 10.2. The zero-order valence-electron chi connectivity index (χ0n) is 8.16. The molecule has 1 fully saturated rings. The normalized spacial score (nSPS) is 17.7. The van der Waals surface area contributed by atoms with Gasteiger partial charge in [0.2, 0.25) is 0 Å². The first-order valence-electron chi connectivity index (χ1n) is 4.64. The lowest BCUT2D eigenvalue weighted by molar-refractivity contribution is -0.275. The van der Waals surface area contributed by atoms with Gasteiger partial charge in [0.25, 0.3) is 0 Å². The maximum absolute atomic E-state index is 12.1. The van der Waals surface area contributed by atoms with Gasteiger partial charge in [-0.2, -0.15) is 0 Å². The minimum Gasteiger partial charge on any atom is -0.405 e. The third kappa shape index (κ3) is 2.65. The van der Waals surface area contributed by atoms with Crippen molar-refractivity contribution in [3.63, 3.8) is 0 Å². The Morgan fingerprint density at radius 2 is 1.75 bits per heavy atom. The van der Waals surface area contributed by atoms with Crippen molar-refractivity contribution in [1.82, 2.24) is 0 Å². The van der Waals surface area contributed by atoms with Crippen LogP contribution < -0.4 is 4.74 Å². The summed E-state index contributed by atoms with van der Waals surface area (Å²) >= 11 is 0. The zero-order chi connectivity index (χ0) is 11.6. The molecular formula is C10H9F3O3. The van der Waals surface area contributed by atoms with E-state index in [-0.39, 0.29) is 11.3 Å². The Balaban J connectivity index is 2.23. The van der Waals surface area contributed by atoms with Crippen LogP contribution >= 0.6 is 0 Å². The van der Waals surface area contributed by atoms with Crippen molar-refractivity contribution in [3.8, 4) is 5.75 Å². The van der Waals surface area contributed by atoms with Gasteiger partial charge in [-0.15, -0.1) is 13.2 Å². The Kier molecular flexibility index (Phi) is 3.02. The summed E-state index contributed by atoms with van der Waals surface area (Å²) < 4.78 is 50.4. The number of benzene rings is 1. The largest absolute Gasteiger partial charge is 0.573 e. The van der Waals surface area contributed by atoms with Crippen LogP contribution in [0.3, 0.4) is 0 Å². The quantitative estimate of drug-likeness (QED) is 0.787. The second-order valence-electron chi connectivity index (χ2n) is 3.16. The van der Waals surface area contributed by atoms with E-state index in [0.29, 0.717) is 13.2 Å². The van der Waals surface area contributed by atoms with E-state index in [1.165, 1.54) is 18.2 Å². The van der Waals surface area contributed by atoms with Gasteiger partial charge in [-0.3, -0.25) is 0 Å². The molecule has 16 heavy (non-hydrogen) atoms. The fourth-order valence-corrected chi connectivity index (χ4v) is 1.43. The van der Waals surface area contributed by atoms with Crippen molar-refractivity contribution in [2.75, 3.05) is 13.2 Å². The number of rotatable bonds is 2. The SMILES string of the molecule is FC(F)(F)Oc1ccccc1C1OCCO1. The average molecular weight is 234 g/mol. The summed E-state index contributed by atoms with van der Waals surface area (Å²) in [5, 5.41) is 0. The van der Waals surface area contributed by atoms with Crippen LogP contribution in [0, 0.1) is 0 Å². The van der Waals surface area contributed by atoms with Crippen molar-refractivity contribution in [2.45, 2.75) is 12.7 Å². The Labute approximate surface area is 89.7 Å². The molecule has 1 aromatic carbocycles. The maximum Gasteiger partial charge on any atom is 0.573 e. The molecule has 0 amide bonds. The fraction of sp³-hybridized carbons (Fsp3) is 0.400. The number of alkyl halides is 3. The first-order chi connectivity index (χ1) is 7.56. The minimum atomic E-state index is -4.71. The second-order valence-corrected chi connectivity index (χ2v) is 3.16. The van der Waals surface area contributed by atoms with Gasteiger partial charge in [-0.1, -0.05) is 18.2 Å². The molecule has 0 aromatic heterocycles. The van der Waals surface area contributed by atoms with E-state index < -0.39 is 12.7 Å². The van der Waals surface area contributed by atoms with Gasteiger partial charge < -0.3 is 14.2 Å². The zero-order valence-corrected chi connectivity index (χ0v) is 8.16. The minimum absolute atomic E-state index is 0.248. The summed E-state index contributed by atoms with van der Waals surface area (Å²) in [5.74, 6) is -0.290. The highest BCUT2D eigenvalue weighted by atomic mass is 19.4. The maximum atomic E-state index is 12.1. The summed E-state index contributed by atoms with van der Waals surface area (Å²) in [6, 6.07) is 5.77. The van der Waals surface area contributed by atoms with E-state index in [0.717, 1.165) is 0 Å². The molecule has 0 N–H and O–H groups in total. The highest BCUT2D eigenvalue weighted by molar-refractivity contribution is 5.34. The Hall–Kier alpha value is -1.27. The molecule has 2 rings (SSSR count). The number of hydrogen-bond acceptors (Lipinski definition) is 3. The van der Waals surface area contributed by atoms with Crippen LogP contribution in [-0.2, 0) is 9.47 Å². The predicted octanol–water partition coefficient (Wildman–Crippen LogP) is 2.63. The highest BCUT2D eigenvalue weighted by Gasteiger charge is 2.33.